The summed E-state index contributed by atoms with van der Waals surface area (Å²) < 4.78 is 18.5. The van der Waals surface area contributed by atoms with Crippen LogP contribution in [0.1, 0.15) is 49.4 Å². The molecule has 1 fully saturated rings. The summed E-state index contributed by atoms with van der Waals surface area (Å²) >= 11 is 0. The molecule has 4 heterocycles. The summed E-state index contributed by atoms with van der Waals surface area (Å²) in [5.41, 5.74) is 4.00. The number of hydrogen-bond acceptors (Lipinski definition) is 15. The molecule has 19 heteroatoms. The van der Waals surface area contributed by atoms with Gasteiger partial charge in [0.25, 0.3) is 0 Å². The summed E-state index contributed by atoms with van der Waals surface area (Å²) in [4.78, 5) is 54.5. The van der Waals surface area contributed by atoms with E-state index in [9.17, 15) is 29.9 Å². The van der Waals surface area contributed by atoms with Crippen LogP contribution in [0.15, 0.2) is 96.3 Å². The minimum Gasteiger partial charge on any atom is -0.508 e. The fourth-order valence-electron chi connectivity index (χ4n) is 9.00. The summed E-state index contributed by atoms with van der Waals surface area (Å²) in [7, 11) is 0. The zero-order chi connectivity index (χ0) is 49.9. The number of carbonyl (C=O) groups excluding carboxylic acids is 2. The van der Waals surface area contributed by atoms with Gasteiger partial charge in [-0.15, -0.1) is 0 Å². The lowest BCUT2D eigenvalue weighted by Crippen LogP contribution is -2.55. The number of amides is 2. The van der Waals surface area contributed by atoms with Crippen LogP contribution in [0.3, 0.4) is 0 Å². The Bertz CT molecular complexity index is 2940. The minimum atomic E-state index is -0.490. The van der Waals surface area contributed by atoms with E-state index in [2.05, 4.69) is 73.6 Å². The highest BCUT2D eigenvalue weighted by atomic mass is 16.5. The number of H-pyrrole nitrogens is 1. The van der Waals surface area contributed by atoms with Crippen molar-refractivity contribution in [3.05, 3.63) is 119 Å². The van der Waals surface area contributed by atoms with E-state index in [1.165, 1.54) is 22.1 Å². The summed E-state index contributed by atoms with van der Waals surface area (Å²) in [6, 6.07) is 26.3. The van der Waals surface area contributed by atoms with Crippen LogP contribution in [0.4, 0.5) is 17.5 Å². The van der Waals surface area contributed by atoms with Crippen molar-refractivity contribution in [3.63, 3.8) is 0 Å². The molecule has 19 nitrogen and oxygen atoms in total. The Labute approximate surface area is 411 Å². The number of ether oxygens (including phenoxy) is 3. The first kappa shape index (κ1) is 49.5. The molecule has 8 rings (SSSR count). The van der Waals surface area contributed by atoms with Crippen LogP contribution in [-0.4, -0.2) is 130 Å². The number of nitrogens with zero attached hydrogens (tertiary/aromatic N) is 8. The number of rotatable bonds is 21. The van der Waals surface area contributed by atoms with Gasteiger partial charge < -0.3 is 49.8 Å². The number of nitrogens with one attached hydrogen (secondary N) is 3. The monoisotopic (exact) mass is 965 g/mol. The number of fused-ring (bicyclic) bond motifs is 2. The smallest absolute Gasteiger partial charge is 0.348 e. The molecule has 71 heavy (non-hydrogen) atoms. The number of phenolic OH excluding ortho intramolecular Hbond substituents is 2. The van der Waals surface area contributed by atoms with E-state index in [4.69, 9.17) is 24.2 Å². The molecule has 0 spiro atoms. The van der Waals surface area contributed by atoms with Crippen LogP contribution in [0.25, 0.3) is 27.8 Å². The van der Waals surface area contributed by atoms with Crippen LogP contribution in [0.2, 0.25) is 0 Å². The quantitative estimate of drug-likeness (QED) is 0.0448. The first-order chi connectivity index (χ1) is 34.5. The van der Waals surface area contributed by atoms with Crippen LogP contribution >= 0.6 is 0 Å². The minimum absolute atomic E-state index is 0.0243. The number of aromatic amines is 1. The van der Waals surface area contributed by atoms with Gasteiger partial charge in [-0.05, 0) is 65.8 Å². The summed E-state index contributed by atoms with van der Waals surface area (Å²) in [5.74, 6) is 1.35. The van der Waals surface area contributed by atoms with Crippen molar-refractivity contribution in [1.29, 1.82) is 5.26 Å². The molecule has 1 atom stereocenters. The standard InChI is InChI=1S/C52H59N11O8/c1-4-48(67)62-24-23-61(32-37(62)16-19-53)49-40-18-22-60(44-11-7-9-35-8-5-6-10-39(35)44)33-43(40)56-51(57-49)55-20-17-47(66)54-21-25-69-26-27-70-28-29-71-38-14-12-36(13-15-38)63-50(58-59-52(63)68)42-30-41(34(2)3)45(64)31-46(42)65/h4-15,30-31,34,37,64-65H,1,16-18,20-29,32-33H2,2-3H3,(H,54,66)(H,59,68)(H,55,56,57). The lowest BCUT2D eigenvalue weighted by atomic mass is 9.98. The van der Waals surface area contributed by atoms with Crippen molar-refractivity contribution in [1.82, 2.24) is 34.9 Å². The number of carbonyl (C=O) groups is 2. The van der Waals surface area contributed by atoms with Crippen molar-refractivity contribution in [3.8, 4) is 40.4 Å². The number of aromatic nitrogens is 5. The second-order valence-electron chi connectivity index (χ2n) is 17.5. The molecule has 1 saturated heterocycles. The summed E-state index contributed by atoms with van der Waals surface area (Å²) in [6.45, 7) is 12.4. The largest absolute Gasteiger partial charge is 0.508 e. The highest BCUT2D eigenvalue weighted by Gasteiger charge is 2.33. The predicted octanol–water partition coefficient (Wildman–Crippen LogP) is 5.42. The zero-order valence-corrected chi connectivity index (χ0v) is 40.0. The third-order valence-corrected chi connectivity index (χ3v) is 12.6. The molecule has 2 aliphatic rings. The van der Waals surface area contributed by atoms with Gasteiger partial charge >= 0.3 is 5.69 Å². The van der Waals surface area contributed by atoms with Crippen LogP contribution in [0, 0.1) is 11.3 Å². The topological polar surface area (TPSA) is 236 Å². The van der Waals surface area contributed by atoms with E-state index in [-0.39, 0.29) is 60.5 Å². The number of hydrogen-bond donors (Lipinski definition) is 5. The molecule has 2 aliphatic heterocycles. The van der Waals surface area contributed by atoms with E-state index in [0.717, 1.165) is 34.7 Å². The summed E-state index contributed by atoms with van der Waals surface area (Å²) in [5, 5.41) is 45.6. The van der Waals surface area contributed by atoms with E-state index < -0.39 is 5.69 Å². The van der Waals surface area contributed by atoms with Gasteiger partial charge in [0, 0.05) is 68.4 Å². The van der Waals surface area contributed by atoms with Gasteiger partial charge in [0.1, 0.15) is 29.7 Å². The van der Waals surface area contributed by atoms with Crippen molar-refractivity contribution in [2.75, 3.05) is 87.4 Å². The molecule has 2 aromatic heterocycles. The number of nitriles is 1. The van der Waals surface area contributed by atoms with Gasteiger partial charge in [0.2, 0.25) is 17.8 Å². The Morgan fingerprint density at radius 2 is 1.70 bits per heavy atom. The molecular weight excluding hydrogens is 907 g/mol. The first-order valence-electron chi connectivity index (χ1n) is 23.8. The lowest BCUT2D eigenvalue weighted by molar-refractivity contribution is -0.128. The molecule has 5 N–H and O–H groups in total. The maximum atomic E-state index is 12.8. The van der Waals surface area contributed by atoms with Crippen LogP contribution in [-0.2, 0) is 32.0 Å². The van der Waals surface area contributed by atoms with Crippen LogP contribution in [0.5, 0.6) is 17.2 Å². The highest BCUT2D eigenvalue weighted by molar-refractivity contribution is 5.94. The predicted molar refractivity (Wildman–Crippen MR) is 269 cm³/mol. The Morgan fingerprint density at radius 3 is 2.49 bits per heavy atom. The molecular formula is C52H59N11O8. The van der Waals surface area contributed by atoms with Crippen LogP contribution < -0.4 is 30.9 Å². The number of piperazine rings is 1. The van der Waals surface area contributed by atoms with E-state index in [1.807, 2.05) is 26.0 Å². The molecule has 1 unspecified atom stereocenters. The molecule has 0 saturated carbocycles. The second kappa shape index (κ2) is 23.1. The van der Waals surface area contributed by atoms with E-state index in [0.29, 0.717) is 101 Å². The maximum absolute atomic E-state index is 12.8. The molecule has 6 aromatic rings. The fourth-order valence-corrected chi connectivity index (χ4v) is 9.00. The Hall–Kier alpha value is -7.95. The first-order valence-corrected chi connectivity index (χ1v) is 23.8. The number of aromatic hydroxyl groups is 2. The average molecular weight is 966 g/mol. The average Bonchev–Trinajstić information content (AvgIpc) is 3.76. The summed E-state index contributed by atoms with van der Waals surface area (Å²) in [6.07, 6.45) is 2.38. The molecule has 0 radical (unpaired) electrons. The highest BCUT2D eigenvalue weighted by Crippen LogP contribution is 2.38. The lowest BCUT2D eigenvalue weighted by Gasteiger charge is -2.42. The van der Waals surface area contributed by atoms with Crippen molar-refractivity contribution < 1.29 is 34.0 Å². The van der Waals surface area contributed by atoms with Crippen molar-refractivity contribution in [2.45, 2.75) is 51.6 Å². The van der Waals surface area contributed by atoms with Gasteiger partial charge in [-0.2, -0.15) is 15.3 Å². The van der Waals surface area contributed by atoms with E-state index in [1.54, 1.807) is 35.2 Å². The molecule has 2 amide bonds. The third kappa shape index (κ3) is 11.7. The van der Waals surface area contributed by atoms with Gasteiger partial charge in [-0.25, -0.2) is 19.4 Å². The van der Waals surface area contributed by atoms with Crippen molar-refractivity contribution in [2.24, 2.45) is 0 Å². The molecule has 370 valence electrons. The maximum Gasteiger partial charge on any atom is 0.348 e. The van der Waals surface area contributed by atoms with Gasteiger partial charge in [-0.1, -0.05) is 56.8 Å². The third-order valence-electron chi connectivity index (χ3n) is 12.6. The van der Waals surface area contributed by atoms with Crippen molar-refractivity contribution >= 4 is 40.0 Å². The fraction of sp³-hybridized carbons (Fsp3) is 0.365. The van der Waals surface area contributed by atoms with Gasteiger partial charge in [-0.3, -0.25) is 9.59 Å². The van der Waals surface area contributed by atoms with Gasteiger partial charge in [0.05, 0.1) is 68.4 Å². The number of benzene rings is 4. The normalized spacial score (nSPS) is 14.6. The SMILES string of the molecule is C=CC(=O)N1CCN(c2nc(NCCC(=O)NCCOCCOCCOc3ccc(-n4c(-c5cc(C(C)C)c(O)cc5O)n[nH]c4=O)cc3)nc3c2CCN(c2cccc4ccccc24)C3)CC1CC#N. The number of phenols is 2. The zero-order valence-electron chi connectivity index (χ0n) is 40.0. The molecule has 0 bridgehead atoms. The van der Waals surface area contributed by atoms with E-state index >= 15 is 0 Å². The molecule has 4 aromatic carbocycles. The number of anilines is 3. The van der Waals surface area contributed by atoms with Gasteiger partial charge in [0.15, 0.2) is 5.82 Å². The Morgan fingerprint density at radius 1 is 0.930 bits per heavy atom. The Balaban J connectivity index is 0.771. The molecule has 0 aliphatic carbocycles. The Kier molecular flexibility index (Phi) is 16.1. The second-order valence-corrected chi connectivity index (χ2v) is 17.5.